The van der Waals surface area contributed by atoms with Crippen molar-refractivity contribution in [1.29, 1.82) is 0 Å². The molecule has 3 aromatic rings. The van der Waals surface area contributed by atoms with Crippen molar-refractivity contribution < 1.29 is 9.59 Å². The Labute approximate surface area is 146 Å². The molecule has 0 aliphatic heterocycles. The second-order valence-corrected chi connectivity index (χ2v) is 6.04. The highest BCUT2D eigenvalue weighted by molar-refractivity contribution is 6.07. The maximum absolute atomic E-state index is 12.6. The molecule has 1 heterocycles. The predicted octanol–water partition coefficient (Wildman–Crippen LogP) is 3.43. The number of para-hydroxylation sites is 1. The molecule has 0 bridgehead atoms. The molecule has 0 aliphatic carbocycles. The molecule has 3 rings (SSSR count). The van der Waals surface area contributed by atoms with Crippen molar-refractivity contribution in [3.05, 3.63) is 77.5 Å². The zero-order valence-electron chi connectivity index (χ0n) is 14.1. The maximum atomic E-state index is 12.6. The fourth-order valence-corrected chi connectivity index (χ4v) is 2.52. The number of rotatable bonds is 3. The van der Waals surface area contributed by atoms with Crippen LogP contribution < -0.4 is 10.9 Å². The third-order valence-corrected chi connectivity index (χ3v) is 3.90. The molecule has 1 aromatic heterocycles. The number of hydrogen-bond donors (Lipinski definition) is 2. The summed E-state index contributed by atoms with van der Waals surface area (Å²) in [5.41, 5.74) is 7.50. The van der Waals surface area contributed by atoms with Crippen LogP contribution in [-0.2, 0) is 0 Å². The third kappa shape index (κ3) is 3.66. The number of carbonyl (C=O) groups excluding carboxylic acids is 2. The van der Waals surface area contributed by atoms with Crippen LogP contribution in [0.2, 0.25) is 0 Å². The molecule has 2 amide bonds. The van der Waals surface area contributed by atoms with Gasteiger partial charge < -0.3 is 0 Å². The molecule has 126 valence electrons. The van der Waals surface area contributed by atoms with Gasteiger partial charge in [0.05, 0.1) is 11.1 Å². The van der Waals surface area contributed by atoms with Gasteiger partial charge in [0.2, 0.25) is 0 Å². The van der Waals surface area contributed by atoms with Crippen molar-refractivity contribution >= 4 is 22.7 Å². The van der Waals surface area contributed by atoms with E-state index in [9.17, 15) is 9.59 Å². The molecule has 25 heavy (non-hydrogen) atoms. The number of amides is 2. The highest BCUT2D eigenvalue weighted by Crippen LogP contribution is 2.22. The average Bonchev–Trinajstić information content (AvgIpc) is 2.65. The molecule has 0 atom stereocenters. The van der Waals surface area contributed by atoms with Crippen LogP contribution in [0.4, 0.5) is 0 Å². The van der Waals surface area contributed by atoms with Gasteiger partial charge in [0, 0.05) is 16.6 Å². The number of hydrogen-bond acceptors (Lipinski definition) is 3. The van der Waals surface area contributed by atoms with Crippen LogP contribution in [0.1, 0.15) is 46.2 Å². The Bertz CT molecular complexity index is 921. The van der Waals surface area contributed by atoms with Gasteiger partial charge in [-0.2, -0.15) is 0 Å². The number of aromatic nitrogens is 1. The van der Waals surface area contributed by atoms with E-state index in [1.54, 1.807) is 30.3 Å². The molecular formula is C20H19N3O2. The fourth-order valence-electron chi connectivity index (χ4n) is 2.52. The summed E-state index contributed by atoms with van der Waals surface area (Å²) in [6.45, 7) is 4.05. The van der Waals surface area contributed by atoms with E-state index in [2.05, 4.69) is 15.8 Å². The standard InChI is InChI=1S/C20H19N3O2/c1-13(2)18-12-16(15-10-6-7-11-17(15)21-18)20(25)23-22-19(24)14-8-4-3-5-9-14/h3-13H,1-2H3,(H,22,24)(H,23,25). The number of hydrazine groups is 1. The highest BCUT2D eigenvalue weighted by atomic mass is 16.2. The van der Waals surface area contributed by atoms with E-state index in [-0.39, 0.29) is 17.7 Å². The molecule has 2 N–H and O–H groups in total. The predicted molar refractivity (Wildman–Crippen MR) is 97.2 cm³/mol. The minimum atomic E-state index is -0.371. The van der Waals surface area contributed by atoms with Gasteiger partial charge in [-0.3, -0.25) is 25.4 Å². The Balaban J connectivity index is 1.85. The first-order chi connectivity index (χ1) is 12.1. The number of carbonyl (C=O) groups is 2. The molecule has 2 aromatic carbocycles. The van der Waals surface area contributed by atoms with Crippen LogP contribution in [0.5, 0.6) is 0 Å². The topological polar surface area (TPSA) is 71.1 Å². The minimum Gasteiger partial charge on any atom is -0.267 e. The zero-order valence-corrected chi connectivity index (χ0v) is 14.1. The Kier molecular flexibility index (Phi) is 4.75. The summed E-state index contributed by atoms with van der Waals surface area (Å²) in [5, 5.41) is 0.748. The van der Waals surface area contributed by atoms with E-state index in [1.165, 1.54) is 0 Å². The molecule has 0 saturated carbocycles. The van der Waals surface area contributed by atoms with E-state index < -0.39 is 0 Å². The molecule has 5 nitrogen and oxygen atoms in total. The van der Waals surface area contributed by atoms with Crippen LogP contribution in [0.15, 0.2) is 60.7 Å². The van der Waals surface area contributed by atoms with E-state index in [0.29, 0.717) is 11.1 Å². The summed E-state index contributed by atoms with van der Waals surface area (Å²) in [4.78, 5) is 29.3. The second-order valence-electron chi connectivity index (χ2n) is 6.04. The number of nitrogens with zero attached hydrogens (tertiary/aromatic N) is 1. The summed E-state index contributed by atoms with van der Waals surface area (Å²) in [5.74, 6) is -0.545. The molecule has 0 fully saturated rings. The van der Waals surface area contributed by atoms with Crippen LogP contribution in [0, 0.1) is 0 Å². The summed E-state index contributed by atoms with van der Waals surface area (Å²) < 4.78 is 0. The lowest BCUT2D eigenvalue weighted by molar-refractivity contribution is 0.0847. The van der Waals surface area contributed by atoms with Crippen LogP contribution in [0.3, 0.4) is 0 Å². The second kappa shape index (κ2) is 7.13. The van der Waals surface area contributed by atoms with Gasteiger partial charge in [-0.1, -0.05) is 50.2 Å². The molecular weight excluding hydrogens is 314 g/mol. The monoisotopic (exact) mass is 333 g/mol. The van der Waals surface area contributed by atoms with Crippen LogP contribution in [0.25, 0.3) is 10.9 Å². The van der Waals surface area contributed by atoms with E-state index in [1.807, 2.05) is 44.2 Å². The first-order valence-electron chi connectivity index (χ1n) is 8.11. The van der Waals surface area contributed by atoms with E-state index >= 15 is 0 Å². The van der Waals surface area contributed by atoms with Crippen molar-refractivity contribution in [2.24, 2.45) is 0 Å². The fraction of sp³-hybridized carbons (Fsp3) is 0.150. The number of nitrogens with one attached hydrogen (secondary N) is 2. The number of benzene rings is 2. The first-order valence-corrected chi connectivity index (χ1v) is 8.11. The quantitative estimate of drug-likeness (QED) is 0.721. The molecule has 5 heteroatoms. The number of pyridine rings is 1. The highest BCUT2D eigenvalue weighted by Gasteiger charge is 2.15. The van der Waals surface area contributed by atoms with Crippen molar-refractivity contribution in [3.63, 3.8) is 0 Å². The van der Waals surface area contributed by atoms with Crippen LogP contribution >= 0.6 is 0 Å². The maximum Gasteiger partial charge on any atom is 0.270 e. The van der Waals surface area contributed by atoms with Crippen molar-refractivity contribution in [2.45, 2.75) is 19.8 Å². The van der Waals surface area contributed by atoms with Crippen LogP contribution in [-0.4, -0.2) is 16.8 Å². The van der Waals surface area contributed by atoms with E-state index in [4.69, 9.17) is 0 Å². The lowest BCUT2D eigenvalue weighted by atomic mass is 10.0. The van der Waals surface area contributed by atoms with Gasteiger partial charge in [0.25, 0.3) is 11.8 Å². The summed E-state index contributed by atoms with van der Waals surface area (Å²) in [6, 6.07) is 18.0. The van der Waals surface area contributed by atoms with Gasteiger partial charge in [0.15, 0.2) is 0 Å². The Morgan fingerprint density at radius 3 is 2.24 bits per heavy atom. The lowest BCUT2D eigenvalue weighted by Crippen LogP contribution is -2.41. The normalized spacial score (nSPS) is 10.7. The Morgan fingerprint density at radius 1 is 0.880 bits per heavy atom. The zero-order chi connectivity index (χ0) is 17.8. The largest absolute Gasteiger partial charge is 0.270 e. The summed E-state index contributed by atoms with van der Waals surface area (Å²) >= 11 is 0. The third-order valence-electron chi connectivity index (χ3n) is 3.90. The van der Waals surface area contributed by atoms with Gasteiger partial charge in [-0.05, 0) is 30.2 Å². The molecule has 0 saturated heterocycles. The molecule has 0 aliphatic rings. The average molecular weight is 333 g/mol. The first kappa shape index (κ1) is 16.6. The number of fused-ring (bicyclic) bond motifs is 1. The Hall–Kier alpha value is -3.21. The molecule has 0 radical (unpaired) electrons. The van der Waals surface area contributed by atoms with E-state index in [0.717, 1.165) is 16.6 Å². The minimum absolute atomic E-state index is 0.190. The van der Waals surface area contributed by atoms with Gasteiger partial charge >= 0.3 is 0 Å². The van der Waals surface area contributed by atoms with Gasteiger partial charge in [0.1, 0.15) is 0 Å². The Morgan fingerprint density at radius 2 is 1.52 bits per heavy atom. The summed E-state index contributed by atoms with van der Waals surface area (Å²) in [7, 11) is 0. The molecule has 0 unspecified atom stereocenters. The summed E-state index contributed by atoms with van der Waals surface area (Å²) in [6.07, 6.45) is 0. The van der Waals surface area contributed by atoms with Crippen molar-refractivity contribution in [2.75, 3.05) is 0 Å². The van der Waals surface area contributed by atoms with Gasteiger partial charge in [-0.15, -0.1) is 0 Å². The SMILES string of the molecule is CC(C)c1cc(C(=O)NNC(=O)c2ccccc2)c2ccccc2n1. The van der Waals surface area contributed by atoms with Gasteiger partial charge in [-0.25, -0.2) is 0 Å². The lowest BCUT2D eigenvalue weighted by Gasteiger charge is -2.12. The van der Waals surface area contributed by atoms with Crippen molar-refractivity contribution in [3.8, 4) is 0 Å². The van der Waals surface area contributed by atoms with Crippen molar-refractivity contribution in [1.82, 2.24) is 15.8 Å². The molecule has 0 spiro atoms. The smallest absolute Gasteiger partial charge is 0.267 e.